The molecular formula is C17H16F3N3. The first-order chi connectivity index (χ1) is 10.8. The molecule has 3 aromatic rings. The summed E-state index contributed by atoms with van der Waals surface area (Å²) < 4.78 is 41.6. The Morgan fingerprint density at radius 3 is 2.57 bits per heavy atom. The van der Waals surface area contributed by atoms with Gasteiger partial charge in [0.2, 0.25) is 0 Å². The Bertz CT molecular complexity index is 863. The molecule has 0 aromatic carbocycles. The predicted octanol–water partition coefficient (Wildman–Crippen LogP) is 4.87. The van der Waals surface area contributed by atoms with Gasteiger partial charge < -0.3 is 4.57 Å². The summed E-state index contributed by atoms with van der Waals surface area (Å²) in [4.78, 5) is 8.41. The number of aryl methyl sites for hydroxylation is 1. The molecule has 120 valence electrons. The quantitative estimate of drug-likeness (QED) is 0.674. The number of pyridine rings is 2. The Morgan fingerprint density at radius 1 is 1.17 bits per heavy atom. The van der Waals surface area contributed by atoms with Gasteiger partial charge in [-0.05, 0) is 36.6 Å². The fourth-order valence-corrected chi connectivity index (χ4v) is 2.70. The fraction of sp³-hybridized carbons (Fsp3) is 0.294. The lowest BCUT2D eigenvalue weighted by Gasteiger charge is -2.18. The van der Waals surface area contributed by atoms with Gasteiger partial charge >= 0.3 is 6.18 Å². The van der Waals surface area contributed by atoms with E-state index in [9.17, 15) is 13.2 Å². The fourth-order valence-electron chi connectivity index (χ4n) is 2.70. The molecule has 0 aliphatic carbocycles. The average Bonchev–Trinajstić information content (AvgIpc) is 2.89. The van der Waals surface area contributed by atoms with E-state index in [0.717, 1.165) is 10.9 Å². The first kappa shape index (κ1) is 15.5. The number of halogens is 3. The Kier molecular flexibility index (Phi) is 3.62. The maximum absolute atomic E-state index is 13.3. The van der Waals surface area contributed by atoms with Crippen molar-refractivity contribution in [2.24, 2.45) is 0 Å². The SMILES string of the molecule is Cc1cc(C(F)(F)F)c(C(C)C)nc1-n1ccc2cnccc21. The number of nitrogens with zero attached hydrogens (tertiary/aromatic N) is 3. The summed E-state index contributed by atoms with van der Waals surface area (Å²) in [6.07, 6.45) is 0.772. The van der Waals surface area contributed by atoms with Crippen LogP contribution >= 0.6 is 0 Å². The third-order valence-corrected chi connectivity index (χ3v) is 3.79. The largest absolute Gasteiger partial charge is 0.418 e. The maximum atomic E-state index is 13.3. The van der Waals surface area contributed by atoms with Gasteiger partial charge in [-0.25, -0.2) is 4.98 Å². The molecule has 3 heterocycles. The molecule has 0 radical (unpaired) electrons. The molecular weight excluding hydrogens is 303 g/mol. The van der Waals surface area contributed by atoms with Gasteiger partial charge in [-0.3, -0.25) is 4.98 Å². The van der Waals surface area contributed by atoms with Gasteiger partial charge in [0.25, 0.3) is 0 Å². The third-order valence-electron chi connectivity index (χ3n) is 3.79. The Hall–Kier alpha value is -2.37. The van der Waals surface area contributed by atoms with Crippen LogP contribution in [0.1, 0.15) is 36.6 Å². The number of alkyl halides is 3. The highest BCUT2D eigenvalue weighted by atomic mass is 19.4. The van der Waals surface area contributed by atoms with E-state index in [-0.39, 0.29) is 11.6 Å². The summed E-state index contributed by atoms with van der Waals surface area (Å²) in [5, 5.41) is 0.916. The number of fused-ring (bicyclic) bond motifs is 1. The van der Waals surface area contributed by atoms with Crippen molar-refractivity contribution in [3.05, 3.63) is 53.6 Å². The minimum atomic E-state index is -4.40. The van der Waals surface area contributed by atoms with Crippen molar-refractivity contribution >= 4 is 10.9 Å². The molecule has 0 saturated heterocycles. The zero-order valence-corrected chi connectivity index (χ0v) is 13.0. The van der Waals surface area contributed by atoms with Crippen LogP contribution in [0.4, 0.5) is 13.2 Å². The van der Waals surface area contributed by atoms with Gasteiger partial charge in [0.1, 0.15) is 5.82 Å². The number of hydrogen-bond acceptors (Lipinski definition) is 2. The molecule has 3 rings (SSSR count). The smallest absolute Gasteiger partial charge is 0.301 e. The summed E-state index contributed by atoms with van der Waals surface area (Å²) >= 11 is 0. The summed E-state index contributed by atoms with van der Waals surface area (Å²) in [7, 11) is 0. The highest BCUT2D eigenvalue weighted by Gasteiger charge is 2.35. The van der Waals surface area contributed by atoms with E-state index in [1.807, 2.05) is 12.1 Å². The third kappa shape index (κ3) is 2.69. The van der Waals surface area contributed by atoms with Crippen LogP contribution in [0.2, 0.25) is 0 Å². The van der Waals surface area contributed by atoms with E-state index in [1.165, 1.54) is 6.07 Å². The zero-order chi connectivity index (χ0) is 16.8. The van der Waals surface area contributed by atoms with E-state index in [1.54, 1.807) is 43.9 Å². The van der Waals surface area contributed by atoms with Crippen molar-refractivity contribution in [1.82, 2.24) is 14.5 Å². The van der Waals surface area contributed by atoms with Crippen molar-refractivity contribution in [3.8, 4) is 5.82 Å². The molecule has 0 N–H and O–H groups in total. The Balaban J connectivity index is 2.27. The summed E-state index contributed by atoms with van der Waals surface area (Å²) in [5.41, 5.74) is 0.752. The van der Waals surface area contributed by atoms with E-state index < -0.39 is 11.7 Å². The van der Waals surface area contributed by atoms with Crippen LogP contribution in [0.15, 0.2) is 36.8 Å². The monoisotopic (exact) mass is 319 g/mol. The topological polar surface area (TPSA) is 30.7 Å². The van der Waals surface area contributed by atoms with Crippen LogP contribution in [0.3, 0.4) is 0 Å². The Morgan fingerprint density at radius 2 is 1.91 bits per heavy atom. The van der Waals surface area contributed by atoms with Crippen LogP contribution in [0.25, 0.3) is 16.7 Å². The van der Waals surface area contributed by atoms with Gasteiger partial charge in [-0.15, -0.1) is 0 Å². The summed E-state index contributed by atoms with van der Waals surface area (Å²) in [5.74, 6) is 0.192. The highest BCUT2D eigenvalue weighted by Crippen LogP contribution is 2.36. The number of aromatic nitrogens is 3. The number of hydrogen-bond donors (Lipinski definition) is 0. The normalized spacial score (nSPS) is 12.3. The van der Waals surface area contributed by atoms with Crippen molar-refractivity contribution in [3.63, 3.8) is 0 Å². The molecule has 0 amide bonds. The molecule has 0 aliphatic rings. The summed E-state index contributed by atoms with van der Waals surface area (Å²) in [6, 6.07) is 4.88. The van der Waals surface area contributed by atoms with E-state index in [2.05, 4.69) is 9.97 Å². The van der Waals surface area contributed by atoms with Crippen molar-refractivity contribution in [2.45, 2.75) is 32.9 Å². The molecule has 0 bridgehead atoms. The maximum Gasteiger partial charge on any atom is 0.418 e. The van der Waals surface area contributed by atoms with Gasteiger partial charge in [-0.2, -0.15) is 13.2 Å². The first-order valence-corrected chi connectivity index (χ1v) is 7.29. The van der Waals surface area contributed by atoms with Gasteiger partial charge in [0, 0.05) is 24.0 Å². The molecule has 0 unspecified atom stereocenters. The molecule has 23 heavy (non-hydrogen) atoms. The molecule has 0 spiro atoms. The van der Waals surface area contributed by atoms with E-state index in [4.69, 9.17) is 0 Å². The van der Waals surface area contributed by atoms with Crippen LogP contribution in [0, 0.1) is 6.92 Å². The van der Waals surface area contributed by atoms with Crippen LogP contribution < -0.4 is 0 Å². The second-order valence-electron chi connectivity index (χ2n) is 5.83. The van der Waals surface area contributed by atoms with Crippen molar-refractivity contribution in [2.75, 3.05) is 0 Å². The molecule has 3 aromatic heterocycles. The lowest BCUT2D eigenvalue weighted by atomic mass is 10.0. The van der Waals surface area contributed by atoms with E-state index >= 15 is 0 Å². The molecule has 0 aliphatic heterocycles. The zero-order valence-electron chi connectivity index (χ0n) is 13.0. The van der Waals surface area contributed by atoms with E-state index in [0.29, 0.717) is 11.4 Å². The van der Waals surface area contributed by atoms with Gasteiger partial charge in [0.15, 0.2) is 0 Å². The predicted molar refractivity (Wildman–Crippen MR) is 82.7 cm³/mol. The van der Waals surface area contributed by atoms with Crippen LogP contribution in [-0.2, 0) is 6.18 Å². The second-order valence-corrected chi connectivity index (χ2v) is 5.83. The lowest BCUT2D eigenvalue weighted by Crippen LogP contribution is -2.15. The number of rotatable bonds is 2. The Labute approximate surface area is 131 Å². The molecule has 0 saturated carbocycles. The van der Waals surface area contributed by atoms with Gasteiger partial charge in [0.05, 0.1) is 16.8 Å². The molecule has 0 fully saturated rings. The first-order valence-electron chi connectivity index (χ1n) is 7.29. The van der Waals surface area contributed by atoms with Crippen LogP contribution in [-0.4, -0.2) is 14.5 Å². The average molecular weight is 319 g/mol. The van der Waals surface area contributed by atoms with Gasteiger partial charge in [-0.1, -0.05) is 13.8 Å². The van der Waals surface area contributed by atoms with Crippen molar-refractivity contribution in [1.29, 1.82) is 0 Å². The minimum absolute atomic E-state index is 0.0639. The second kappa shape index (κ2) is 5.37. The van der Waals surface area contributed by atoms with Crippen LogP contribution in [0.5, 0.6) is 0 Å². The molecule has 6 heteroatoms. The minimum Gasteiger partial charge on any atom is -0.301 e. The summed E-state index contributed by atoms with van der Waals surface area (Å²) in [6.45, 7) is 5.08. The standard InChI is InChI=1S/C17H16F3N3/c1-10(2)15-13(17(18,19)20)8-11(3)16(22-15)23-7-5-12-9-21-6-4-14(12)23/h4-10H,1-3H3. The highest BCUT2D eigenvalue weighted by molar-refractivity contribution is 5.80. The molecule has 3 nitrogen and oxygen atoms in total. The lowest BCUT2D eigenvalue weighted by molar-refractivity contribution is -0.138. The molecule has 0 atom stereocenters. The van der Waals surface area contributed by atoms with Crippen molar-refractivity contribution < 1.29 is 13.2 Å².